The zero-order valence-corrected chi connectivity index (χ0v) is 5.84. The molecule has 1 aliphatic carbocycles. The monoisotopic (exact) mass is 130 g/mol. The molecule has 1 fully saturated rings. The van der Waals surface area contributed by atoms with Crippen LogP contribution in [0, 0.1) is 5.92 Å². The predicted molar refractivity (Wildman–Crippen MR) is 35.2 cm³/mol. The van der Waals surface area contributed by atoms with E-state index in [1.807, 2.05) is 0 Å². The Morgan fingerprint density at radius 2 is 2.22 bits per heavy atom. The molecule has 0 aliphatic heterocycles. The molecule has 0 atom stereocenters. The number of hydrogen-bond donors (Lipinski definition) is 1. The van der Waals surface area contributed by atoms with Crippen LogP contribution in [0.3, 0.4) is 0 Å². The van der Waals surface area contributed by atoms with Gasteiger partial charge in [-0.05, 0) is 18.8 Å². The number of hydrogen-bond acceptors (Lipinski definition) is 2. The number of aliphatic hydroxyl groups excluding tert-OH is 1. The third-order valence-corrected chi connectivity index (χ3v) is 1.78. The molecule has 1 aliphatic rings. The van der Waals surface area contributed by atoms with Crippen LogP contribution in [0.25, 0.3) is 0 Å². The number of ether oxygens (including phenoxy) is 1. The summed E-state index contributed by atoms with van der Waals surface area (Å²) in [5.41, 5.74) is 0. The average Bonchev–Trinajstić information content (AvgIpc) is 1.78. The van der Waals surface area contributed by atoms with Crippen LogP contribution in [-0.2, 0) is 4.74 Å². The van der Waals surface area contributed by atoms with Crippen LogP contribution in [0.2, 0.25) is 0 Å². The molecule has 0 amide bonds. The van der Waals surface area contributed by atoms with Gasteiger partial charge in [-0.15, -0.1) is 0 Å². The van der Waals surface area contributed by atoms with E-state index >= 15 is 0 Å². The summed E-state index contributed by atoms with van der Waals surface area (Å²) in [7, 11) is 0. The molecule has 0 heterocycles. The fourth-order valence-corrected chi connectivity index (χ4v) is 1.18. The van der Waals surface area contributed by atoms with E-state index in [-0.39, 0.29) is 6.61 Å². The summed E-state index contributed by atoms with van der Waals surface area (Å²) in [4.78, 5) is 0. The zero-order valence-electron chi connectivity index (χ0n) is 5.84. The van der Waals surface area contributed by atoms with E-state index < -0.39 is 0 Å². The van der Waals surface area contributed by atoms with Gasteiger partial charge < -0.3 is 9.84 Å². The Balaban J connectivity index is 1.91. The van der Waals surface area contributed by atoms with Crippen LogP contribution >= 0.6 is 0 Å². The molecule has 54 valence electrons. The van der Waals surface area contributed by atoms with Crippen molar-refractivity contribution in [1.29, 1.82) is 0 Å². The van der Waals surface area contributed by atoms with Crippen LogP contribution < -0.4 is 0 Å². The van der Waals surface area contributed by atoms with Crippen LogP contribution in [0.1, 0.15) is 19.8 Å². The first-order chi connectivity index (χ1) is 4.33. The van der Waals surface area contributed by atoms with Gasteiger partial charge in [0.1, 0.15) is 0 Å². The molecule has 0 saturated heterocycles. The van der Waals surface area contributed by atoms with Crippen molar-refractivity contribution in [1.82, 2.24) is 0 Å². The Hall–Kier alpha value is -0.0800. The van der Waals surface area contributed by atoms with Crippen LogP contribution in [0.15, 0.2) is 0 Å². The molecule has 0 radical (unpaired) electrons. The summed E-state index contributed by atoms with van der Waals surface area (Å²) < 4.78 is 5.25. The summed E-state index contributed by atoms with van der Waals surface area (Å²) >= 11 is 0. The van der Waals surface area contributed by atoms with Gasteiger partial charge in [0, 0.05) is 0 Å². The molecule has 1 rings (SSSR count). The third-order valence-electron chi connectivity index (χ3n) is 1.78. The topological polar surface area (TPSA) is 29.5 Å². The Morgan fingerprint density at radius 1 is 1.56 bits per heavy atom. The zero-order chi connectivity index (χ0) is 6.69. The fraction of sp³-hybridized carbons (Fsp3) is 1.00. The van der Waals surface area contributed by atoms with E-state index in [1.54, 1.807) is 0 Å². The summed E-state index contributed by atoms with van der Waals surface area (Å²) in [5.74, 6) is 0.841. The maximum absolute atomic E-state index is 8.38. The van der Waals surface area contributed by atoms with E-state index in [0.717, 1.165) is 5.92 Å². The van der Waals surface area contributed by atoms with Gasteiger partial charge in [-0.1, -0.05) is 6.92 Å². The lowest BCUT2D eigenvalue weighted by atomic mass is 9.84. The van der Waals surface area contributed by atoms with E-state index in [9.17, 15) is 0 Å². The maximum atomic E-state index is 8.38. The molecule has 0 spiro atoms. The minimum absolute atomic E-state index is 0.158. The van der Waals surface area contributed by atoms with E-state index in [0.29, 0.717) is 12.7 Å². The average molecular weight is 130 g/mol. The van der Waals surface area contributed by atoms with Gasteiger partial charge in [0.2, 0.25) is 0 Å². The van der Waals surface area contributed by atoms with Gasteiger partial charge in [-0.2, -0.15) is 0 Å². The highest BCUT2D eigenvalue weighted by atomic mass is 16.5. The second-order valence-electron chi connectivity index (χ2n) is 2.79. The lowest BCUT2D eigenvalue weighted by Crippen LogP contribution is -2.30. The quantitative estimate of drug-likeness (QED) is 0.612. The molecular weight excluding hydrogens is 116 g/mol. The number of rotatable bonds is 3. The van der Waals surface area contributed by atoms with Crippen molar-refractivity contribution in [2.24, 2.45) is 5.92 Å². The molecule has 2 heteroatoms. The van der Waals surface area contributed by atoms with Crippen LogP contribution in [0.4, 0.5) is 0 Å². The first-order valence-corrected chi connectivity index (χ1v) is 3.55. The Bertz CT molecular complexity index is 77.0. The van der Waals surface area contributed by atoms with Crippen molar-refractivity contribution >= 4 is 0 Å². The first-order valence-electron chi connectivity index (χ1n) is 3.55. The minimum atomic E-state index is 0.158. The molecule has 9 heavy (non-hydrogen) atoms. The van der Waals surface area contributed by atoms with Gasteiger partial charge in [0.25, 0.3) is 0 Å². The van der Waals surface area contributed by atoms with Crippen molar-refractivity contribution in [3.63, 3.8) is 0 Å². The van der Waals surface area contributed by atoms with Crippen molar-refractivity contribution in [2.75, 3.05) is 13.2 Å². The highest BCUT2D eigenvalue weighted by Crippen LogP contribution is 2.28. The summed E-state index contributed by atoms with van der Waals surface area (Å²) in [6.07, 6.45) is 2.81. The maximum Gasteiger partial charge on any atom is 0.0701 e. The standard InChI is InChI=1S/C7H14O2/c1-6-4-7(5-6)9-3-2-8/h6-8H,2-5H2,1H3/t6-,7-. The lowest BCUT2D eigenvalue weighted by Gasteiger charge is -2.32. The SMILES string of the molecule is C[C@H]1C[C@H](OCCO)C1. The lowest BCUT2D eigenvalue weighted by molar-refractivity contribution is -0.0378. The highest BCUT2D eigenvalue weighted by molar-refractivity contribution is 4.76. The third kappa shape index (κ3) is 1.95. The van der Waals surface area contributed by atoms with E-state index in [1.165, 1.54) is 12.8 Å². The van der Waals surface area contributed by atoms with Crippen molar-refractivity contribution in [3.05, 3.63) is 0 Å². The molecule has 0 aromatic carbocycles. The normalized spacial score (nSPS) is 34.0. The van der Waals surface area contributed by atoms with Gasteiger partial charge in [0.15, 0.2) is 0 Å². The Morgan fingerprint density at radius 3 is 2.67 bits per heavy atom. The molecule has 2 nitrogen and oxygen atoms in total. The first kappa shape index (κ1) is 7.03. The van der Waals surface area contributed by atoms with Gasteiger partial charge in [-0.25, -0.2) is 0 Å². The highest BCUT2D eigenvalue weighted by Gasteiger charge is 2.25. The van der Waals surface area contributed by atoms with Crippen molar-refractivity contribution in [2.45, 2.75) is 25.9 Å². The van der Waals surface area contributed by atoms with Crippen LogP contribution in [0.5, 0.6) is 0 Å². The predicted octanol–water partition coefficient (Wildman–Crippen LogP) is 0.794. The second kappa shape index (κ2) is 3.18. The molecule has 0 aromatic heterocycles. The smallest absolute Gasteiger partial charge is 0.0701 e. The van der Waals surface area contributed by atoms with E-state index in [2.05, 4.69) is 6.92 Å². The summed E-state index contributed by atoms with van der Waals surface area (Å²) in [6.45, 7) is 2.89. The molecule has 0 aromatic rings. The fourth-order valence-electron chi connectivity index (χ4n) is 1.18. The molecule has 1 saturated carbocycles. The van der Waals surface area contributed by atoms with Gasteiger partial charge >= 0.3 is 0 Å². The van der Waals surface area contributed by atoms with E-state index in [4.69, 9.17) is 9.84 Å². The number of aliphatic hydroxyl groups is 1. The molecule has 1 N–H and O–H groups in total. The largest absolute Gasteiger partial charge is 0.394 e. The van der Waals surface area contributed by atoms with Crippen molar-refractivity contribution in [3.8, 4) is 0 Å². The molecular formula is C7H14O2. The summed E-state index contributed by atoms with van der Waals surface area (Å²) in [6, 6.07) is 0. The molecule has 0 unspecified atom stereocenters. The Labute approximate surface area is 55.8 Å². The Kier molecular flexibility index (Phi) is 2.49. The minimum Gasteiger partial charge on any atom is -0.394 e. The molecule has 0 bridgehead atoms. The second-order valence-corrected chi connectivity index (χ2v) is 2.79. The van der Waals surface area contributed by atoms with Crippen molar-refractivity contribution < 1.29 is 9.84 Å². The van der Waals surface area contributed by atoms with Crippen LogP contribution in [-0.4, -0.2) is 24.4 Å². The van der Waals surface area contributed by atoms with Gasteiger partial charge in [0.05, 0.1) is 19.3 Å². The van der Waals surface area contributed by atoms with Gasteiger partial charge in [-0.3, -0.25) is 0 Å². The summed E-state index contributed by atoms with van der Waals surface area (Å²) in [5, 5.41) is 8.38.